The summed E-state index contributed by atoms with van der Waals surface area (Å²) < 4.78 is 0. The monoisotopic (exact) mass is 317 g/mol. The van der Waals surface area contributed by atoms with Crippen LogP contribution >= 0.6 is 0 Å². The molecule has 2 aliphatic rings. The smallest absolute Gasteiger partial charge is 0.0346 e. The highest BCUT2D eigenvalue weighted by atomic mass is 14.9. The van der Waals surface area contributed by atoms with Gasteiger partial charge >= 0.3 is 0 Å². The molecule has 1 nitrogen and oxygen atoms in total. The number of hydrogen-bond acceptors (Lipinski definition) is 1. The first-order chi connectivity index (χ1) is 11.9. The molecule has 0 amide bonds. The Morgan fingerprint density at radius 1 is 1.00 bits per heavy atom. The summed E-state index contributed by atoms with van der Waals surface area (Å²) in [5, 5.41) is 6.42. The van der Waals surface area contributed by atoms with Crippen LogP contribution in [0.1, 0.15) is 56.6 Å². The number of hydrogen-bond donors (Lipinski definition) is 1. The van der Waals surface area contributed by atoms with E-state index in [2.05, 4.69) is 54.7 Å². The van der Waals surface area contributed by atoms with E-state index in [1.807, 2.05) is 0 Å². The molecule has 24 heavy (non-hydrogen) atoms. The van der Waals surface area contributed by atoms with Gasteiger partial charge in [-0.3, -0.25) is 0 Å². The van der Waals surface area contributed by atoms with Crippen molar-refractivity contribution in [3.8, 4) is 0 Å². The first-order valence-corrected chi connectivity index (χ1v) is 9.55. The minimum atomic E-state index is 1.08. The average molecular weight is 317 g/mol. The molecule has 0 spiro atoms. The Kier molecular flexibility index (Phi) is 4.42. The van der Waals surface area contributed by atoms with Crippen LogP contribution < -0.4 is 5.32 Å². The van der Waals surface area contributed by atoms with Crippen LogP contribution in [0.25, 0.3) is 16.3 Å². The Bertz CT molecular complexity index is 810. The molecular formula is C23H27N. The van der Waals surface area contributed by atoms with Gasteiger partial charge in [0.1, 0.15) is 0 Å². The van der Waals surface area contributed by atoms with Crippen LogP contribution in [-0.2, 0) is 6.42 Å². The molecule has 2 aromatic rings. The summed E-state index contributed by atoms with van der Waals surface area (Å²) in [5.74, 6) is 0. The van der Waals surface area contributed by atoms with Gasteiger partial charge in [0.25, 0.3) is 0 Å². The molecule has 2 aromatic carbocycles. The minimum absolute atomic E-state index is 1.08. The van der Waals surface area contributed by atoms with E-state index in [-0.39, 0.29) is 0 Å². The van der Waals surface area contributed by atoms with Crippen LogP contribution in [-0.4, -0.2) is 6.54 Å². The standard InChI is InChI=1S/C23H27N/c1-2-3-6-15-24-19-12-9-18-11-13-21-20-8-5-4-7-17(20)10-14-22(21)23(18)16-19/h5,8-9,11-13,16,24H,2-4,6-7,10,14-15H2,1H3. The quantitative estimate of drug-likeness (QED) is 0.621. The summed E-state index contributed by atoms with van der Waals surface area (Å²) in [6.07, 6.45) is 13.4. The maximum atomic E-state index is 3.61. The van der Waals surface area contributed by atoms with Crippen LogP contribution in [0, 0.1) is 0 Å². The normalized spacial score (nSPS) is 16.2. The Labute approximate surface area is 145 Å². The highest BCUT2D eigenvalue weighted by Gasteiger charge is 2.20. The second-order valence-corrected chi connectivity index (χ2v) is 7.12. The molecular weight excluding hydrogens is 290 g/mol. The number of fused-ring (bicyclic) bond motifs is 4. The van der Waals surface area contributed by atoms with Crippen molar-refractivity contribution >= 4 is 22.0 Å². The Morgan fingerprint density at radius 3 is 2.83 bits per heavy atom. The van der Waals surface area contributed by atoms with E-state index in [9.17, 15) is 0 Å². The maximum Gasteiger partial charge on any atom is 0.0346 e. The summed E-state index contributed by atoms with van der Waals surface area (Å²) in [6.45, 7) is 3.33. The number of rotatable bonds is 5. The number of anilines is 1. The van der Waals surface area contributed by atoms with Crippen molar-refractivity contribution in [2.24, 2.45) is 0 Å². The van der Waals surface area contributed by atoms with Crippen molar-refractivity contribution < 1.29 is 0 Å². The second-order valence-electron chi connectivity index (χ2n) is 7.12. The lowest BCUT2D eigenvalue weighted by molar-refractivity contribution is 0.744. The summed E-state index contributed by atoms with van der Waals surface area (Å²) in [4.78, 5) is 0. The van der Waals surface area contributed by atoms with Gasteiger partial charge in [-0.2, -0.15) is 0 Å². The number of unbranched alkanes of at least 4 members (excludes halogenated alkanes) is 2. The first kappa shape index (κ1) is 15.5. The van der Waals surface area contributed by atoms with E-state index >= 15 is 0 Å². The lowest BCUT2D eigenvalue weighted by Crippen LogP contribution is -2.07. The van der Waals surface area contributed by atoms with E-state index in [4.69, 9.17) is 0 Å². The third-order valence-corrected chi connectivity index (χ3v) is 5.49. The fourth-order valence-corrected chi connectivity index (χ4v) is 4.15. The van der Waals surface area contributed by atoms with E-state index in [0.717, 1.165) is 6.54 Å². The summed E-state index contributed by atoms with van der Waals surface area (Å²) >= 11 is 0. The van der Waals surface area contributed by atoms with Crippen molar-refractivity contribution in [1.29, 1.82) is 0 Å². The third kappa shape index (κ3) is 2.88. The summed E-state index contributed by atoms with van der Waals surface area (Å²) in [5.41, 5.74) is 7.47. The molecule has 0 aliphatic heterocycles. The van der Waals surface area contributed by atoms with Gasteiger partial charge in [0.15, 0.2) is 0 Å². The van der Waals surface area contributed by atoms with Gasteiger partial charge in [0.05, 0.1) is 0 Å². The van der Waals surface area contributed by atoms with Crippen molar-refractivity contribution in [3.05, 3.63) is 59.2 Å². The van der Waals surface area contributed by atoms with Crippen molar-refractivity contribution in [3.63, 3.8) is 0 Å². The zero-order chi connectivity index (χ0) is 16.4. The van der Waals surface area contributed by atoms with Crippen LogP contribution in [0.3, 0.4) is 0 Å². The van der Waals surface area contributed by atoms with Gasteiger partial charge in [0.2, 0.25) is 0 Å². The SMILES string of the molecule is CCCCCNc1ccc2ccc3c(c2c1)CCC1=C3C=CCC1. The van der Waals surface area contributed by atoms with Crippen LogP contribution in [0.4, 0.5) is 5.69 Å². The molecule has 124 valence electrons. The van der Waals surface area contributed by atoms with Gasteiger partial charge < -0.3 is 5.32 Å². The predicted octanol–water partition coefficient (Wildman–Crippen LogP) is 6.49. The third-order valence-electron chi connectivity index (χ3n) is 5.49. The Hall–Kier alpha value is -2.02. The molecule has 0 fully saturated rings. The molecule has 0 heterocycles. The largest absolute Gasteiger partial charge is 0.385 e. The number of benzene rings is 2. The fraction of sp³-hybridized carbons (Fsp3) is 0.391. The molecule has 0 aromatic heterocycles. The lowest BCUT2D eigenvalue weighted by Gasteiger charge is -2.25. The lowest BCUT2D eigenvalue weighted by atomic mass is 9.79. The average Bonchev–Trinajstić information content (AvgIpc) is 2.64. The van der Waals surface area contributed by atoms with Gasteiger partial charge in [0, 0.05) is 12.2 Å². The van der Waals surface area contributed by atoms with E-state index in [1.165, 1.54) is 72.5 Å². The zero-order valence-corrected chi connectivity index (χ0v) is 14.7. The number of allylic oxidation sites excluding steroid dienone is 4. The molecule has 1 N–H and O–H groups in total. The van der Waals surface area contributed by atoms with Gasteiger partial charge in [-0.05, 0) is 71.7 Å². The molecule has 2 aliphatic carbocycles. The van der Waals surface area contributed by atoms with Crippen LogP contribution in [0.15, 0.2) is 48.1 Å². The van der Waals surface area contributed by atoms with Gasteiger partial charge in [-0.15, -0.1) is 0 Å². The molecule has 0 saturated carbocycles. The highest BCUT2D eigenvalue weighted by Crippen LogP contribution is 2.40. The Morgan fingerprint density at radius 2 is 1.92 bits per heavy atom. The second kappa shape index (κ2) is 6.84. The topological polar surface area (TPSA) is 12.0 Å². The molecule has 1 heteroatoms. The fourth-order valence-electron chi connectivity index (χ4n) is 4.15. The van der Waals surface area contributed by atoms with Crippen molar-refractivity contribution in [2.75, 3.05) is 11.9 Å². The number of nitrogens with one attached hydrogen (secondary N) is 1. The van der Waals surface area contributed by atoms with Crippen molar-refractivity contribution in [1.82, 2.24) is 0 Å². The minimum Gasteiger partial charge on any atom is -0.385 e. The van der Waals surface area contributed by atoms with Gasteiger partial charge in [-0.25, -0.2) is 0 Å². The highest BCUT2D eigenvalue weighted by molar-refractivity contribution is 5.95. The van der Waals surface area contributed by atoms with E-state index < -0.39 is 0 Å². The maximum absolute atomic E-state index is 3.61. The van der Waals surface area contributed by atoms with Gasteiger partial charge in [-0.1, -0.05) is 55.7 Å². The molecule has 0 radical (unpaired) electrons. The van der Waals surface area contributed by atoms with Crippen molar-refractivity contribution in [2.45, 2.75) is 51.9 Å². The zero-order valence-electron chi connectivity index (χ0n) is 14.7. The van der Waals surface area contributed by atoms with Crippen LogP contribution in [0.2, 0.25) is 0 Å². The Balaban J connectivity index is 1.69. The molecule has 0 atom stereocenters. The van der Waals surface area contributed by atoms with Crippen LogP contribution in [0.5, 0.6) is 0 Å². The van der Waals surface area contributed by atoms with E-state index in [0.29, 0.717) is 0 Å². The molecule has 0 saturated heterocycles. The molecule has 0 bridgehead atoms. The first-order valence-electron chi connectivity index (χ1n) is 9.55. The van der Waals surface area contributed by atoms with E-state index in [1.54, 1.807) is 11.1 Å². The molecule has 0 unspecified atom stereocenters. The predicted molar refractivity (Wildman–Crippen MR) is 106 cm³/mol. The summed E-state index contributed by atoms with van der Waals surface area (Å²) in [7, 11) is 0. The molecule has 4 rings (SSSR count). The summed E-state index contributed by atoms with van der Waals surface area (Å²) in [6, 6.07) is 11.5. The number of aryl methyl sites for hydroxylation is 1.